The number of thiazole rings is 1. The number of carbonyl (C=O) groups excluding carboxylic acids is 1. The minimum atomic E-state index is 0.217. The summed E-state index contributed by atoms with van der Waals surface area (Å²) in [5.41, 5.74) is 3.08. The number of anilines is 2. The molecule has 1 aliphatic heterocycles. The van der Waals surface area contributed by atoms with Crippen LogP contribution in [0.25, 0.3) is 0 Å². The number of hydrogen-bond donors (Lipinski definition) is 1. The Morgan fingerprint density at radius 1 is 1.33 bits per heavy atom. The molecule has 1 aromatic carbocycles. The maximum absolute atomic E-state index is 11.9. The van der Waals surface area contributed by atoms with Gasteiger partial charge < -0.3 is 10.2 Å². The van der Waals surface area contributed by atoms with Gasteiger partial charge in [0.2, 0.25) is 5.91 Å². The zero-order valence-electron chi connectivity index (χ0n) is 12.3. The first kappa shape index (κ1) is 14.1. The Morgan fingerprint density at radius 2 is 2.14 bits per heavy atom. The molecule has 4 nitrogen and oxygen atoms in total. The van der Waals surface area contributed by atoms with E-state index in [0.29, 0.717) is 6.42 Å². The van der Waals surface area contributed by atoms with Gasteiger partial charge in [0, 0.05) is 17.8 Å². The minimum Gasteiger partial charge on any atom is -0.378 e. The molecule has 21 heavy (non-hydrogen) atoms. The van der Waals surface area contributed by atoms with Gasteiger partial charge in [-0.3, -0.25) is 4.79 Å². The summed E-state index contributed by atoms with van der Waals surface area (Å²) in [6, 6.07) is 8.02. The Morgan fingerprint density at radius 3 is 2.81 bits per heavy atom. The SMILES string of the molecule is Cc1nc(C)c(CNc2ccccc2N2CCCC2=O)s1. The molecule has 5 heteroatoms. The van der Waals surface area contributed by atoms with Gasteiger partial charge in [0.05, 0.1) is 28.6 Å². The van der Waals surface area contributed by atoms with Crippen molar-refractivity contribution in [3.05, 3.63) is 39.8 Å². The van der Waals surface area contributed by atoms with E-state index < -0.39 is 0 Å². The van der Waals surface area contributed by atoms with E-state index in [1.807, 2.05) is 43.0 Å². The van der Waals surface area contributed by atoms with Gasteiger partial charge in [0.25, 0.3) is 0 Å². The molecule has 110 valence electrons. The van der Waals surface area contributed by atoms with Crippen molar-refractivity contribution in [3.8, 4) is 0 Å². The van der Waals surface area contributed by atoms with E-state index in [-0.39, 0.29) is 5.91 Å². The number of aromatic nitrogens is 1. The first-order valence-corrected chi connectivity index (χ1v) is 8.03. The fraction of sp³-hybridized carbons (Fsp3) is 0.375. The van der Waals surface area contributed by atoms with Gasteiger partial charge in [-0.2, -0.15) is 0 Å². The normalized spacial score (nSPS) is 14.8. The van der Waals surface area contributed by atoms with Gasteiger partial charge >= 0.3 is 0 Å². The van der Waals surface area contributed by atoms with E-state index in [4.69, 9.17) is 0 Å². The van der Waals surface area contributed by atoms with Gasteiger partial charge in [-0.25, -0.2) is 4.98 Å². The fourth-order valence-corrected chi connectivity index (χ4v) is 3.55. The Hall–Kier alpha value is -1.88. The molecule has 1 aromatic heterocycles. The third kappa shape index (κ3) is 2.93. The van der Waals surface area contributed by atoms with E-state index in [1.165, 1.54) is 4.88 Å². The summed E-state index contributed by atoms with van der Waals surface area (Å²) in [5, 5.41) is 4.55. The van der Waals surface area contributed by atoms with E-state index in [1.54, 1.807) is 11.3 Å². The fourth-order valence-electron chi connectivity index (χ4n) is 2.67. The Balaban J connectivity index is 1.79. The van der Waals surface area contributed by atoms with E-state index >= 15 is 0 Å². The number of carbonyl (C=O) groups is 1. The lowest BCUT2D eigenvalue weighted by Crippen LogP contribution is -2.24. The van der Waals surface area contributed by atoms with Crippen molar-refractivity contribution >= 4 is 28.6 Å². The number of nitrogens with zero attached hydrogens (tertiary/aromatic N) is 2. The molecule has 2 heterocycles. The Bertz CT molecular complexity index is 665. The quantitative estimate of drug-likeness (QED) is 0.940. The zero-order valence-corrected chi connectivity index (χ0v) is 13.2. The molecular weight excluding hydrogens is 282 g/mol. The van der Waals surface area contributed by atoms with E-state index in [9.17, 15) is 4.79 Å². The summed E-state index contributed by atoms with van der Waals surface area (Å²) in [4.78, 5) is 19.5. The van der Waals surface area contributed by atoms with Crippen molar-refractivity contribution in [2.24, 2.45) is 0 Å². The number of hydrogen-bond acceptors (Lipinski definition) is 4. The van der Waals surface area contributed by atoms with E-state index in [2.05, 4.69) is 10.3 Å². The number of para-hydroxylation sites is 2. The molecule has 3 rings (SSSR count). The number of aryl methyl sites for hydroxylation is 2. The molecule has 0 aliphatic carbocycles. The second kappa shape index (κ2) is 5.85. The zero-order chi connectivity index (χ0) is 14.8. The standard InChI is InChI=1S/C16H19N3OS/c1-11-15(21-12(2)18-11)10-17-13-6-3-4-7-14(13)19-9-5-8-16(19)20/h3-4,6-7,17H,5,8-10H2,1-2H3. The maximum Gasteiger partial charge on any atom is 0.227 e. The van der Waals surface area contributed by atoms with Gasteiger partial charge in [-0.15, -0.1) is 11.3 Å². The Labute approximate surface area is 128 Å². The third-order valence-corrected chi connectivity index (χ3v) is 4.78. The highest BCUT2D eigenvalue weighted by atomic mass is 32.1. The van der Waals surface area contributed by atoms with Crippen LogP contribution in [-0.2, 0) is 11.3 Å². The summed E-state index contributed by atoms with van der Waals surface area (Å²) < 4.78 is 0. The topological polar surface area (TPSA) is 45.2 Å². The number of nitrogens with one attached hydrogen (secondary N) is 1. The third-order valence-electron chi connectivity index (χ3n) is 3.71. The molecule has 0 atom stereocenters. The smallest absolute Gasteiger partial charge is 0.227 e. The van der Waals surface area contributed by atoms with Crippen LogP contribution in [-0.4, -0.2) is 17.4 Å². The maximum atomic E-state index is 11.9. The molecule has 2 aromatic rings. The Kier molecular flexibility index (Phi) is 3.92. The van der Waals surface area contributed by atoms with Gasteiger partial charge in [0.15, 0.2) is 0 Å². The highest BCUT2D eigenvalue weighted by molar-refractivity contribution is 7.11. The molecule has 1 fully saturated rings. The predicted octanol–water partition coefficient (Wildman–Crippen LogP) is 3.50. The lowest BCUT2D eigenvalue weighted by atomic mass is 10.2. The number of amides is 1. The summed E-state index contributed by atoms with van der Waals surface area (Å²) in [7, 11) is 0. The highest BCUT2D eigenvalue weighted by Gasteiger charge is 2.23. The average Bonchev–Trinajstić information content (AvgIpc) is 3.02. The summed E-state index contributed by atoms with van der Waals surface area (Å²) in [6.45, 7) is 5.63. The van der Waals surface area contributed by atoms with Crippen LogP contribution >= 0.6 is 11.3 Å². The lowest BCUT2D eigenvalue weighted by Gasteiger charge is -2.20. The number of rotatable bonds is 4. The van der Waals surface area contributed by atoms with Crippen LogP contribution in [0.5, 0.6) is 0 Å². The van der Waals surface area contributed by atoms with Crippen molar-refractivity contribution < 1.29 is 4.79 Å². The average molecular weight is 301 g/mol. The van der Waals surface area contributed by atoms with Crippen LogP contribution in [0.15, 0.2) is 24.3 Å². The van der Waals surface area contributed by atoms with Crippen molar-refractivity contribution in [2.45, 2.75) is 33.2 Å². The molecule has 0 unspecified atom stereocenters. The molecule has 0 radical (unpaired) electrons. The lowest BCUT2D eigenvalue weighted by molar-refractivity contribution is -0.117. The molecule has 0 spiro atoms. The number of benzene rings is 1. The van der Waals surface area contributed by atoms with Gasteiger partial charge in [0.1, 0.15) is 0 Å². The van der Waals surface area contributed by atoms with Crippen molar-refractivity contribution in [2.75, 3.05) is 16.8 Å². The second-order valence-corrected chi connectivity index (χ2v) is 6.55. The largest absolute Gasteiger partial charge is 0.378 e. The first-order chi connectivity index (χ1) is 10.1. The minimum absolute atomic E-state index is 0.217. The van der Waals surface area contributed by atoms with Crippen LogP contribution in [0.1, 0.15) is 28.4 Å². The first-order valence-electron chi connectivity index (χ1n) is 7.21. The van der Waals surface area contributed by atoms with Gasteiger partial charge in [-0.1, -0.05) is 12.1 Å². The highest BCUT2D eigenvalue weighted by Crippen LogP contribution is 2.30. The molecule has 1 amide bonds. The summed E-state index contributed by atoms with van der Waals surface area (Å²) in [5.74, 6) is 0.217. The molecular formula is C16H19N3OS. The molecule has 0 saturated carbocycles. The van der Waals surface area contributed by atoms with Crippen molar-refractivity contribution in [3.63, 3.8) is 0 Å². The van der Waals surface area contributed by atoms with Gasteiger partial charge in [-0.05, 0) is 32.4 Å². The molecule has 1 saturated heterocycles. The van der Waals surface area contributed by atoms with E-state index in [0.717, 1.165) is 41.6 Å². The molecule has 1 aliphatic rings. The van der Waals surface area contributed by atoms with Crippen LogP contribution in [0.2, 0.25) is 0 Å². The summed E-state index contributed by atoms with van der Waals surface area (Å²) >= 11 is 1.72. The van der Waals surface area contributed by atoms with Crippen LogP contribution in [0.3, 0.4) is 0 Å². The van der Waals surface area contributed by atoms with Crippen LogP contribution < -0.4 is 10.2 Å². The molecule has 1 N–H and O–H groups in total. The predicted molar refractivity (Wildman–Crippen MR) is 86.9 cm³/mol. The van der Waals surface area contributed by atoms with Crippen molar-refractivity contribution in [1.29, 1.82) is 0 Å². The summed E-state index contributed by atoms with van der Waals surface area (Å²) in [6.07, 6.45) is 1.60. The van der Waals surface area contributed by atoms with Crippen molar-refractivity contribution in [1.82, 2.24) is 4.98 Å². The van der Waals surface area contributed by atoms with Crippen LogP contribution in [0.4, 0.5) is 11.4 Å². The monoisotopic (exact) mass is 301 g/mol. The molecule has 0 bridgehead atoms. The van der Waals surface area contributed by atoms with Crippen LogP contribution in [0, 0.1) is 13.8 Å². The second-order valence-electron chi connectivity index (χ2n) is 5.26.